The van der Waals surface area contributed by atoms with Gasteiger partial charge in [0, 0.05) is 19.8 Å². The number of hydrogen-bond acceptors (Lipinski definition) is 4. The zero-order valence-electron chi connectivity index (χ0n) is 9.60. The zero-order chi connectivity index (χ0) is 12.1. The lowest BCUT2D eigenvalue weighted by Gasteiger charge is -2.09. The summed E-state index contributed by atoms with van der Waals surface area (Å²) in [5.41, 5.74) is 6.14. The number of carbonyl (C=O) groups is 1. The van der Waals surface area contributed by atoms with Gasteiger partial charge in [0.1, 0.15) is 0 Å². The third-order valence-electron chi connectivity index (χ3n) is 2.19. The predicted octanol–water partition coefficient (Wildman–Crippen LogP) is -0.107. The number of aliphatic hydroxyl groups is 1. The standard InChI is InChI=1S/C10H18N4O2/c1-3-4-7(15)5-12-10(16)9-8(11)6-14(2)13-9/h6-7,15H,3-5,11H2,1-2H3,(H,12,16). The molecule has 1 atom stereocenters. The Kier molecular flexibility index (Phi) is 4.30. The quantitative estimate of drug-likeness (QED) is 0.653. The van der Waals surface area contributed by atoms with Crippen LogP contribution in [0.3, 0.4) is 0 Å². The normalized spacial score (nSPS) is 12.4. The fourth-order valence-electron chi connectivity index (χ4n) is 1.41. The molecule has 4 N–H and O–H groups in total. The molecule has 6 nitrogen and oxygen atoms in total. The first kappa shape index (κ1) is 12.5. The van der Waals surface area contributed by atoms with Gasteiger partial charge in [-0.3, -0.25) is 9.48 Å². The van der Waals surface area contributed by atoms with E-state index in [9.17, 15) is 9.90 Å². The number of aromatic nitrogens is 2. The number of aryl methyl sites for hydroxylation is 1. The van der Waals surface area contributed by atoms with Crippen molar-refractivity contribution in [3.05, 3.63) is 11.9 Å². The summed E-state index contributed by atoms with van der Waals surface area (Å²) >= 11 is 0. The van der Waals surface area contributed by atoms with E-state index in [-0.39, 0.29) is 18.1 Å². The molecule has 1 amide bonds. The van der Waals surface area contributed by atoms with Crippen LogP contribution >= 0.6 is 0 Å². The summed E-state index contributed by atoms with van der Waals surface area (Å²) in [4.78, 5) is 11.6. The molecule has 1 rings (SSSR count). The van der Waals surface area contributed by atoms with Crippen LogP contribution in [-0.4, -0.2) is 33.4 Å². The molecule has 0 radical (unpaired) electrons. The first-order valence-electron chi connectivity index (χ1n) is 5.30. The Morgan fingerprint density at radius 3 is 2.94 bits per heavy atom. The highest BCUT2D eigenvalue weighted by Crippen LogP contribution is 2.07. The molecule has 1 heterocycles. The number of carbonyl (C=O) groups excluding carboxylic acids is 1. The monoisotopic (exact) mass is 226 g/mol. The number of aliphatic hydroxyl groups excluding tert-OH is 1. The second kappa shape index (κ2) is 5.50. The Morgan fingerprint density at radius 2 is 2.44 bits per heavy atom. The van der Waals surface area contributed by atoms with Gasteiger partial charge in [-0.2, -0.15) is 5.10 Å². The first-order valence-corrected chi connectivity index (χ1v) is 5.30. The Morgan fingerprint density at radius 1 is 1.75 bits per heavy atom. The molecule has 0 bridgehead atoms. The Bertz CT molecular complexity index is 362. The van der Waals surface area contributed by atoms with E-state index in [4.69, 9.17) is 5.73 Å². The highest BCUT2D eigenvalue weighted by Gasteiger charge is 2.14. The van der Waals surface area contributed by atoms with Crippen molar-refractivity contribution in [3.63, 3.8) is 0 Å². The van der Waals surface area contributed by atoms with Crippen molar-refractivity contribution in [3.8, 4) is 0 Å². The van der Waals surface area contributed by atoms with Crippen LogP contribution < -0.4 is 11.1 Å². The van der Waals surface area contributed by atoms with E-state index in [1.807, 2.05) is 6.92 Å². The number of anilines is 1. The summed E-state index contributed by atoms with van der Waals surface area (Å²) < 4.78 is 1.48. The summed E-state index contributed by atoms with van der Waals surface area (Å²) in [5, 5.41) is 16.0. The average molecular weight is 226 g/mol. The average Bonchev–Trinajstić information content (AvgIpc) is 2.55. The first-order chi connectivity index (χ1) is 7.54. The van der Waals surface area contributed by atoms with Crippen LogP contribution in [0.15, 0.2) is 6.20 Å². The summed E-state index contributed by atoms with van der Waals surface area (Å²) in [6.07, 6.45) is 2.59. The molecular formula is C10H18N4O2. The third-order valence-corrected chi connectivity index (χ3v) is 2.19. The number of rotatable bonds is 5. The highest BCUT2D eigenvalue weighted by atomic mass is 16.3. The molecule has 0 aliphatic heterocycles. The van der Waals surface area contributed by atoms with Gasteiger partial charge in [-0.25, -0.2) is 0 Å². The number of amides is 1. The van der Waals surface area contributed by atoms with Gasteiger partial charge < -0.3 is 16.2 Å². The van der Waals surface area contributed by atoms with Crippen molar-refractivity contribution in [1.29, 1.82) is 0 Å². The third kappa shape index (κ3) is 3.23. The molecule has 16 heavy (non-hydrogen) atoms. The second-order valence-electron chi connectivity index (χ2n) is 3.76. The molecule has 90 valence electrons. The molecular weight excluding hydrogens is 208 g/mol. The zero-order valence-corrected chi connectivity index (χ0v) is 9.60. The predicted molar refractivity (Wildman–Crippen MR) is 60.9 cm³/mol. The lowest BCUT2D eigenvalue weighted by molar-refractivity contribution is 0.0905. The SMILES string of the molecule is CCCC(O)CNC(=O)c1nn(C)cc1N. The van der Waals surface area contributed by atoms with E-state index < -0.39 is 6.10 Å². The number of nitrogen functional groups attached to an aromatic ring is 1. The lowest BCUT2D eigenvalue weighted by atomic mass is 10.2. The van der Waals surface area contributed by atoms with Gasteiger partial charge in [-0.1, -0.05) is 13.3 Å². The molecule has 0 aliphatic rings. The molecule has 0 saturated carbocycles. The molecule has 1 aromatic heterocycles. The Balaban J connectivity index is 2.50. The van der Waals surface area contributed by atoms with Gasteiger partial charge >= 0.3 is 0 Å². The molecule has 0 saturated heterocycles. The largest absolute Gasteiger partial charge is 0.396 e. The number of hydrogen-bond donors (Lipinski definition) is 3. The number of nitrogens with two attached hydrogens (primary N) is 1. The van der Waals surface area contributed by atoms with Gasteiger partial charge in [0.2, 0.25) is 0 Å². The minimum atomic E-state index is -0.515. The maximum absolute atomic E-state index is 11.6. The van der Waals surface area contributed by atoms with E-state index in [0.717, 1.165) is 6.42 Å². The van der Waals surface area contributed by atoms with Crippen molar-refractivity contribution in [2.45, 2.75) is 25.9 Å². The molecule has 1 aromatic rings. The number of nitrogens with one attached hydrogen (secondary N) is 1. The fraction of sp³-hybridized carbons (Fsp3) is 0.600. The van der Waals surface area contributed by atoms with Crippen LogP contribution in [-0.2, 0) is 7.05 Å². The summed E-state index contributed by atoms with van der Waals surface area (Å²) in [5.74, 6) is -0.353. The topological polar surface area (TPSA) is 93.2 Å². The maximum atomic E-state index is 11.6. The summed E-state index contributed by atoms with van der Waals surface area (Å²) in [6, 6.07) is 0. The van der Waals surface area contributed by atoms with Crippen molar-refractivity contribution in [2.75, 3.05) is 12.3 Å². The summed E-state index contributed by atoms with van der Waals surface area (Å²) in [6.45, 7) is 2.20. The van der Waals surface area contributed by atoms with Crippen LogP contribution in [0.5, 0.6) is 0 Å². The van der Waals surface area contributed by atoms with Gasteiger partial charge in [0.05, 0.1) is 11.8 Å². The van der Waals surface area contributed by atoms with E-state index >= 15 is 0 Å². The van der Waals surface area contributed by atoms with Gasteiger partial charge in [0.25, 0.3) is 5.91 Å². The van der Waals surface area contributed by atoms with Gasteiger partial charge in [-0.05, 0) is 6.42 Å². The van der Waals surface area contributed by atoms with Crippen LogP contribution in [0.4, 0.5) is 5.69 Å². The van der Waals surface area contributed by atoms with E-state index in [0.29, 0.717) is 12.1 Å². The maximum Gasteiger partial charge on any atom is 0.274 e. The second-order valence-corrected chi connectivity index (χ2v) is 3.76. The van der Waals surface area contributed by atoms with Gasteiger partial charge in [0.15, 0.2) is 5.69 Å². The molecule has 6 heteroatoms. The van der Waals surface area contributed by atoms with Gasteiger partial charge in [-0.15, -0.1) is 0 Å². The summed E-state index contributed by atoms with van der Waals surface area (Å²) in [7, 11) is 1.69. The molecule has 0 fully saturated rings. The van der Waals surface area contributed by atoms with Crippen molar-refractivity contribution in [1.82, 2.24) is 15.1 Å². The van der Waals surface area contributed by atoms with Crippen LogP contribution in [0.25, 0.3) is 0 Å². The lowest BCUT2D eigenvalue weighted by Crippen LogP contribution is -2.32. The molecule has 1 unspecified atom stereocenters. The van der Waals surface area contributed by atoms with E-state index in [1.54, 1.807) is 13.2 Å². The van der Waals surface area contributed by atoms with Crippen LogP contribution in [0.1, 0.15) is 30.3 Å². The Hall–Kier alpha value is -1.56. The molecule has 0 aromatic carbocycles. The highest BCUT2D eigenvalue weighted by molar-refractivity contribution is 5.96. The smallest absolute Gasteiger partial charge is 0.274 e. The van der Waals surface area contributed by atoms with E-state index in [2.05, 4.69) is 10.4 Å². The molecule has 0 aliphatic carbocycles. The Labute approximate surface area is 94.4 Å². The molecule has 0 spiro atoms. The van der Waals surface area contributed by atoms with Crippen molar-refractivity contribution in [2.24, 2.45) is 7.05 Å². The van der Waals surface area contributed by atoms with Crippen molar-refractivity contribution >= 4 is 11.6 Å². The number of nitrogens with zero attached hydrogens (tertiary/aromatic N) is 2. The minimum absolute atomic E-state index is 0.200. The van der Waals surface area contributed by atoms with Crippen LogP contribution in [0, 0.1) is 0 Å². The fourth-order valence-corrected chi connectivity index (χ4v) is 1.41. The van der Waals surface area contributed by atoms with Crippen LogP contribution in [0.2, 0.25) is 0 Å². The van der Waals surface area contributed by atoms with E-state index in [1.165, 1.54) is 4.68 Å². The van der Waals surface area contributed by atoms with Crippen molar-refractivity contribution < 1.29 is 9.90 Å². The minimum Gasteiger partial charge on any atom is -0.396 e.